The van der Waals surface area contributed by atoms with Gasteiger partial charge in [-0.25, -0.2) is 0 Å². The molecule has 1 aromatic heterocycles. The number of nitrogens with one attached hydrogen (secondary N) is 1. The molecule has 3 heteroatoms. The van der Waals surface area contributed by atoms with Crippen molar-refractivity contribution in [2.75, 3.05) is 0 Å². The second-order valence-corrected chi connectivity index (χ2v) is 6.19. The van der Waals surface area contributed by atoms with Gasteiger partial charge in [-0.05, 0) is 36.6 Å². The van der Waals surface area contributed by atoms with Crippen molar-refractivity contribution in [3.05, 3.63) is 22.4 Å². The number of unbranched alkanes of at least 4 members (excludes halogenated alkanes) is 1. The zero-order valence-electron chi connectivity index (χ0n) is 11.2. The van der Waals surface area contributed by atoms with Crippen molar-refractivity contribution in [2.45, 2.75) is 57.9 Å². The summed E-state index contributed by atoms with van der Waals surface area (Å²) in [6.45, 7) is 2.13. The predicted octanol–water partition coefficient (Wildman–Crippen LogP) is 4.29. The van der Waals surface area contributed by atoms with Crippen LogP contribution in [-0.2, 0) is 4.79 Å². The molecule has 0 bridgehead atoms. The summed E-state index contributed by atoms with van der Waals surface area (Å²) < 4.78 is 0. The maximum atomic E-state index is 12.0. The van der Waals surface area contributed by atoms with Crippen molar-refractivity contribution in [2.24, 2.45) is 5.92 Å². The molecule has 0 aliphatic heterocycles. The van der Waals surface area contributed by atoms with Crippen molar-refractivity contribution >= 4 is 17.2 Å². The van der Waals surface area contributed by atoms with E-state index < -0.39 is 0 Å². The molecule has 1 amide bonds. The van der Waals surface area contributed by atoms with Crippen LogP contribution in [0, 0.1) is 5.92 Å². The first-order valence-corrected chi connectivity index (χ1v) is 8.02. The lowest BCUT2D eigenvalue weighted by Gasteiger charge is -2.23. The summed E-state index contributed by atoms with van der Waals surface area (Å²) in [5, 5.41) is 5.37. The van der Waals surface area contributed by atoms with Gasteiger partial charge in [0, 0.05) is 11.3 Å². The molecule has 1 unspecified atom stereocenters. The van der Waals surface area contributed by atoms with E-state index in [-0.39, 0.29) is 11.9 Å². The molecular weight excluding hydrogens is 242 g/mol. The fourth-order valence-corrected chi connectivity index (χ4v) is 3.63. The highest BCUT2D eigenvalue weighted by Gasteiger charge is 2.28. The molecule has 2 rings (SSSR count). The molecule has 0 saturated heterocycles. The van der Waals surface area contributed by atoms with Gasteiger partial charge in [-0.2, -0.15) is 0 Å². The van der Waals surface area contributed by atoms with Crippen molar-refractivity contribution in [1.29, 1.82) is 0 Å². The molecule has 1 heterocycles. The van der Waals surface area contributed by atoms with Crippen LogP contribution in [0.2, 0.25) is 0 Å². The largest absolute Gasteiger partial charge is 0.348 e. The minimum atomic E-state index is 0.224. The zero-order valence-corrected chi connectivity index (χ0v) is 12.0. The van der Waals surface area contributed by atoms with Crippen LogP contribution >= 0.6 is 11.3 Å². The molecule has 1 N–H and O–H groups in total. The first kappa shape index (κ1) is 13.6. The normalized spacial score (nSPS) is 17.8. The van der Waals surface area contributed by atoms with E-state index >= 15 is 0 Å². The third kappa shape index (κ3) is 3.58. The van der Waals surface area contributed by atoms with Crippen LogP contribution in [0.3, 0.4) is 0 Å². The summed E-state index contributed by atoms with van der Waals surface area (Å²) in [6.07, 6.45) is 7.90. The van der Waals surface area contributed by atoms with Gasteiger partial charge >= 0.3 is 0 Å². The minimum absolute atomic E-state index is 0.224. The smallest absolute Gasteiger partial charge is 0.220 e. The molecule has 0 spiro atoms. The highest BCUT2D eigenvalue weighted by Crippen LogP contribution is 2.37. The topological polar surface area (TPSA) is 29.1 Å². The second-order valence-electron chi connectivity index (χ2n) is 5.21. The fraction of sp³-hybridized carbons (Fsp3) is 0.667. The Balaban J connectivity index is 1.98. The summed E-state index contributed by atoms with van der Waals surface area (Å²) in [4.78, 5) is 13.3. The van der Waals surface area contributed by atoms with Gasteiger partial charge in [0.2, 0.25) is 5.91 Å². The van der Waals surface area contributed by atoms with Crippen molar-refractivity contribution in [3.8, 4) is 0 Å². The number of carbonyl (C=O) groups is 1. The maximum absolute atomic E-state index is 12.0. The molecule has 100 valence electrons. The Bertz CT molecular complexity index is 355. The lowest BCUT2D eigenvalue weighted by atomic mass is 9.96. The fourth-order valence-electron chi connectivity index (χ4n) is 2.76. The first-order chi connectivity index (χ1) is 8.81. The van der Waals surface area contributed by atoms with Crippen LogP contribution < -0.4 is 5.32 Å². The zero-order chi connectivity index (χ0) is 12.8. The lowest BCUT2D eigenvalue weighted by molar-refractivity contribution is -0.122. The van der Waals surface area contributed by atoms with E-state index in [2.05, 4.69) is 29.8 Å². The highest BCUT2D eigenvalue weighted by molar-refractivity contribution is 7.10. The summed E-state index contributed by atoms with van der Waals surface area (Å²) in [6, 6.07) is 4.50. The predicted molar refractivity (Wildman–Crippen MR) is 76.7 cm³/mol. The number of rotatable bonds is 6. The Morgan fingerprint density at radius 1 is 1.50 bits per heavy atom. The van der Waals surface area contributed by atoms with E-state index in [1.54, 1.807) is 11.3 Å². The average molecular weight is 265 g/mol. The molecule has 1 aliphatic carbocycles. The molecule has 0 aromatic carbocycles. The monoisotopic (exact) mass is 265 g/mol. The molecule has 1 fully saturated rings. The van der Waals surface area contributed by atoms with Crippen molar-refractivity contribution < 1.29 is 4.79 Å². The van der Waals surface area contributed by atoms with Gasteiger partial charge in [-0.15, -0.1) is 11.3 Å². The van der Waals surface area contributed by atoms with Crippen LogP contribution in [0.5, 0.6) is 0 Å². The molecule has 1 atom stereocenters. The van der Waals surface area contributed by atoms with E-state index in [1.807, 2.05) is 0 Å². The Hall–Kier alpha value is -0.830. The van der Waals surface area contributed by atoms with E-state index in [0.717, 1.165) is 12.8 Å². The van der Waals surface area contributed by atoms with E-state index in [9.17, 15) is 4.79 Å². The third-order valence-electron chi connectivity index (χ3n) is 3.79. The Labute approximate surface area is 114 Å². The average Bonchev–Trinajstić information content (AvgIpc) is 3.05. The van der Waals surface area contributed by atoms with Crippen LogP contribution in [0.15, 0.2) is 17.5 Å². The van der Waals surface area contributed by atoms with E-state index in [0.29, 0.717) is 12.3 Å². The van der Waals surface area contributed by atoms with Gasteiger partial charge in [0.15, 0.2) is 0 Å². The third-order valence-corrected chi connectivity index (χ3v) is 4.75. The van der Waals surface area contributed by atoms with E-state index in [1.165, 1.54) is 30.6 Å². The van der Waals surface area contributed by atoms with Gasteiger partial charge in [0.25, 0.3) is 0 Å². The van der Waals surface area contributed by atoms with Gasteiger partial charge in [-0.3, -0.25) is 4.79 Å². The summed E-state index contributed by atoms with van der Waals surface area (Å²) >= 11 is 1.77. The first-order valence-electron chi connectivity index (χ1n) is 7.14. The maximum Gasteiger partial charge on any atom is 0.220 e. The molecule has 1 aromatic rings. The Kier molecular flexibility index (Phi) is 5.24. The number of thiophene rings is 1. The van der Waals surface area contributed by atoms with Crippen LogP contribution in [0.25, 0.3) is 0 Å². The number of carbonyl (C=O) groups excluding carboxylic acids is 1. The SMILES string of the molecule is CCCCC(=O)NC(c1cccs1)C1CCCC1. The Morgan fingerprint density at radius 2 is 2.28 bits per heavy atom. The Morgan fingerprint density at radius 3 is 2.89 bits per heavy atom. The molecule has 2 nitrogen and oxygen atoms in total. The van der Waals surface area contributed by atoms with E-state index in [4.69, 9.17) is 0 Å². The summed E-state index contributed by atoms with van der Waals surface area (Å²) in [7, 11) is 0. The quantitative estimate of drug-likeness (QED) is 0.817. The second kappa shape index (κ2) is 6.93. The molecule has 1 saturated carbocycles. The molecule has 1 aliphatic rings. The summed E-state index contributed by atoms with van der Waals surface area (Å²) in [5.41, 5.74) is 0. The van der Waals surface area contributed by atoms with Crippen LogP contribution in [0.1, 0.15) is 62.8 Å². The van der Waals surface area contributed by atoms with Crippen LogP contribution in [-0.4, -0.2) is 5.91 Å². The van der Waals surface area contributed by atoms with Gasteiger partial charge < -0.3 is 5.32 Å². The minimum Gasteiger partial charge on any atom is -0.348 e. The van der Waals surface area contributed by atoms with Crippen molar-refractivity contribution in [3.63, 3.8) is 0 Å². The lowest BCUT2D eigenvalue weighted by Crippen LogP contribution is -2.32. The molecular formula is C15H23NOS. The number of hydrogen-bond donors (Lipinski definition) is 1. The van der Waals surface area contributed by atoms with Gasteiger partial charge in [-0.1, -0.05) is 32.3 Å². The molecule has 0 radical (unpaired) electrons. The molecule has 18 heavy (non-hydrogen) atoms. The van der Waals surface area contributed by atoms with Crippen LogP contribution in [0.4, 0.5) is 0 Å². The number of amides is 1. The van der Waals surface area contributed by atoms with Crippen molar-refractivity contribution in [1.82, 2.24) is 5.32 Å². The highest BCUT2D eigenvalue weighted by atomic mass is 32.1. The standard InChI is InChI=1S/C15H23NOS/c1-2-3-10-14(17)16-15(12-7-4-5-8-12)13-9-6-11-18-13/h6,9,11-12,15H,2-5,7-8,10H2,1H3,(H,16,17). The van der Waals surface area contributed by atoms with Gasteiger partial charge in [0.05, 0.1) is 6.04 Å². The van der Waals surface area contributed by atoms with Gasteiger partial charge in [0.1, 0.15) is 0 Å². The summed E-state index contributed by atoms with van der Waals surface area (Å²) in [5.74, 6) is 0.872. The number of hydrogen-bond acceptors (Lipinski definition) is 2.